The van der Waals surface area contributed by atoms with E-state index in [1.54, 1.807) is 13.0 Å². The molecule has 0 amide bonds. The lowest BCUT2D eigenvalue weighted by Crippen LogP contribution is -2.18. The first-order valence-corrected chi connectivity index (χ1v) is 7.99. The summed E-state index contributed by atoms with van der Waals surface area (Å²) in [4.78, 5) is 11.9. The molecule has 114 valence electrons. The summed E-state index contributed by atoms with van der Waals surface area (Å²) in [5.74, 6) is 2.29. The summed E-state index contributed by atoms with van der Waals surface area (Å²) in [6.07, 6.45) is 5.55. The monoisotopic (exact) mass is 288 g/mol. The number of nitrogens with two attached hydrogens (primary N) is 1. The number of hydrogen-bond acceptors (Lipinski definition) is 4. The zero-order valence-corrected chi connectivity index (χ0v) is 12.6. The molecule has 4 heteroatoms. The third kappa shape index (κ3) is 3.49. The quantitative estimate of drug-likeness (QED) is 0.597. The summed E-state index contributed by atoms with van der Waals surface area (Å²) < 4.78 is 5.04. The van der Waals surface area contributed by atoms with Gasteiger partial charge in [0.25, 0.3) is 0 Å². The van der Waals surface area contributed by atoms with E-state index in [0.29, 0.717) is 17.9 Å². The van der Waals surface area contributed by atoms with Crippen LogP contribution in [0.3, 0.4) is 0 Å². The molecule has 3 rings (SSSR count). The van der Waals surface area contributed by atoms with Crippen molar-refractivity contribution >= 4 is 17.3 Å². The number of anilines is 2. The minimum Gasteiger partial charge on any atom is -0.462 e. The van der Waals surface area contributed by atoms with Gasteiger partial charge in [-0.2, -0.15) is 0 Å². The fourth-order valence-corrected chi connectivity index (χ4v) is 3.05. The fourth-order valence-electron chi connectivity index (χ4n) is 3.05. The van der Waals surface area contributed by atoms with Crippen molar-refractivity contribution < 1.29 is 9.53 Å². The number of ether oxygens (including phenoxy) is 1. The Morgan fingerprint density at radius 3 is 2.57 bits per heavy atom. The van der Waals surface area contributed by atoms with Crippen molar-refractivity contribution in [1.82, 2.24) is 0 Å². The fraction of sp³-hybridized carbons (Fsp3) is 0.588. The van der Waals surface area contributed by atoms with Gasteiger partial charge in [-0.15, -0.1) is 0 Å². The highest BCUT2D eigenvalue weighted by molar-refractivity contribution is 5.96. The van der Waals surface area contributed by atoms with Crippen LogP contribution in [0.25, 0.3) is 0 Å². The highest BCUT2D eigenvalue weighted by Gasteiger charge is 2.40. The number of carbonyl (C=O) groups excluding carboxylic acids is 1. The largest absolute Gasteiger partial charge is 0.462 e. The van der Waals surface area contributed by atoms with Crippen molar-refractivity contribution in [3.8, 4) is 0 Å². The van der Waals surface area contributed by atoms with E-state index < -0.39 is 0 Å². The summed E-state index contributed by atoms with van der Waals surface area (Å²) in [6.45, 7) is 3.16. The van der Waals surface area contributed by atoms with E-state index in [9.17, 15) is 4.79 Å². The summed E-state index contributed by atoms with van der Waals surface area (Å²) in [7, 11) is 0. The second kappa shape index (κ2) is 5.96. The van der Waals surface area contributed by atoms with E-state index >= 15 is 0 Å². The van der Waals surface area contributed by atoms with Crippen LogP contribution in [-0.2, 0) is 4.74 Å². The van der Waals surface area contributed by atoms with Gasteiger partial charge in [0.2, 0.25) is 0 Å². The molecule has 21 heavy (non-hydrogen) atoms. The Hall–Kier alpha value is -1.71. The minimum atomic E-state index is -0.348. The molecule has 1 aromatic rings. The first-order valence-electron chi connectivity index (χ1n) is 7.99. The number of benzene rings is 1. The number of hydrogen-bond donors (Lipinski definition) is 2. The van der Waals surface area contributed by atoms with Gasteiger partial charge in [0, 0.05) is 17.9 Å². The summed E-state index contributed by atoms with van der Waals surface area (Å²) in [6, 6.07) is 5.52. The Balaban J connectivity index is 1.64. The van der Waals surface area contributed by atoms with Crippen LogP contribution in [0, 0.1) is 17.8 Å². The van der Waals surface area contributed by atoms with Crippen LogP contribution in [-0.4, -0.2) is 19.1 Å². The summed E-state index contributed by atoms with van der Waals surface area (Å²) in [5, 5.41) is 3.49. The molecule has 1 aromatic carbocycles. The van der Waals surface area contributed by atoms with Gasteiger partial charge in [0.15, 0.2) is 0 Å². The second-order valence-corrected chi connectivity index (χ2v) is 6.24. The number of carbonyl (C=O) groups is 1. The van der Waals surface area contributed by atoms with Gasteiger partial charge in [-0.1, -0.05) is 0 Å². The van der Waals surface area contributed by atoms with Crippen molar-refractivity contribution in [1.29, 1.82) is 0 Å². The van der Waals surface area contributed by atoms with Crippen molar-refractivity contribution in [2.45, 2.75) is 32.6 Å². The van der Waals surface area contributed by atoms with Crippen LogP contribution in [0.4, 0.5) is 11.4 Å². The number of nitrogen functional groups attached to an aromatic ring is 1. The Morgan fingerprint density at radius 2 is 2.00 bits per heavy atom. The van der Waals surface area contributed by atoms with Gasteiger partial charge < -0.3 is 15.8 Å². The Morgan fingerprint density at radius 1 is 1.33 bits per heavy atom. The van der Waals surface area contributed by atoms with E-state index in [2.05, 4.69) is 5.32 Å². The molecule has 0 spiro atoms. The Bertz CT molecular complexity index is 510. The van der Waals surface area contributed by atoms with Crippen LogP contribution in [0.5, 0.6) is 0 Å². The van der Waals surface area contributed by atoms with Crippen LogP contribution < -0.4 is 11.1 Å². The highest BCUT2D eigenvalue weighted by Crippen LogP contribution is 2.49. The standard InChI is InChI=1S/C17H24N2O2/c1-2-21-17(20)14-9-13(7-8-16(14)18)19-10-15(11-3-4-11)12-5-6-12/h7-9,11-12,15,19H,2-6,10,18H2,1H3. The first kappa shape index (κ1) is 14.2. The second-order valence-electron chi connectivity index (χ2n) is 6.24. The molecule has 0 unspecified atom stereocenters. The van der Waals surface area contributed by atoms with E-state index in [4.69, 9.17) is 10.5 Å². The average Bonchev–Trinajstić information content (AvgIpc) is 3.35. The van der Waals surface area contributed by atoms with Crippen molar-refractivity contribution in [2.24, 2.45) is 17.8 Å². The summed E-state index contributed by atoms with van der Waals surface area (Å²) >= 11 is 0. The van der Waals surface area contributed by atoms with Gasteiger partial charge in [0.1, 0.15) is 0 Å². The van der Waals surface area contributed by atoms with Crippen LogP contribution >= 0.6 is 0 Å². The van der Waals surface area contributed by atoms with Gasteiger partial charge in [-0.25, -0.2) is 4.79 Å². The molecule has 2 saturated carbocycles. The maximum Gasteiger partial charge on any atom is 0.340 e. The molecule has 0 aromatic heterocycles. The molecular weight excluding hydrogens is 264 g/mol. The lowest BCUT2D eigenvalue weighted by Gasteiger charge is -2.17. The third-order valence-electron chi connectivity index (χ3n) is 4.55. The molecule has 3 N–H and O–H groups in total. The molecule has 2 aliphatic rings. The Kier molecular flexibility index (Phi) is 4.04. The van der Waals surface area contributed by atoms with Crippen LogP contribution in [0.15, 0.2) is 18.2 Å². The van der Waals surface area contributed by atoms with Crippen LogP contribution in [0.1, 0.15) is 43.0 Å². The van der Waals surface area contributed by atoms with Gasteiger partial charge in [-0.05, 0) is 68.6 Å². The molecule has 0 heterocycles. The molecule has 0 radical (unpaired) electrons. The topological polar surface area (TPSA) is 64.3 Å². The lowest BCUT2D eigenvalue weighted by atomic mass is 9.98. The van der Waals surface area contributed by atoms with Gasteiger partial charge in [-0.3, -0.25) is 0 Å². The summed E-state index contributed by atoms with van der Waals surface area (Å²) in [5.41, 5.74) is 7.75. The maximum atomic E-state index is 11.9. The number of rotatable bonds is 7. The van der Waals surface area contributed by atoms with Crippen molar-refractivity contribution in [2.75, 3.05) is 24.2 Å². The van der Waals surface area contributed by atoms with E-state index in [1.165, 1.54) is 25.7 Å². The molecule has 0 aliphatic heterocycles. The Labute approximate surface area is 126 Å². The maximum absolute atomic E-state index is 11.9. The lowest BCUT2D eigenvalue weighted by molar-refractivity contribution is 0.0527. The van der Waals surface area contributed by atoms with E-state index in [1.807, 2.05) is 12.1 Å². The molecule has 2 fully saturated rings. The van der Waals surface area contributed by atoms with Crippen LogP contribution in [0.2, 0.25) is 0 Å². The third-order valence-corrected chi connectivity index (χ3v) is 4.55. The number of nitrogens with one attached hydrogen (secondary N) is 1. The van der Waals surface area contributed by atoms with Crippen molar-refractivity contribution in [3.05, 3.63) is 23.8 Å². The number of esters is 1. The average molecular weight is 288 g/mol. The minimum absolute atomic E-state index is 0.348. The smallest absolute Gasteiger partial charge is 0.340 e. The zero-order valence-electron chi connectivity index (χ0n) is 12.6. The normalized spacial score (nSPS) is 17.8. The zero-order chi connectivity index (χ0) is 14.8. The predicted octanol–water partition coefficient (Wildman–Crippen LogP) is 3.29. The SMILES string of the molecule is CCOC(=O)c1cc(NCC(C2CC2)C2CC2)ccc1N. The molecule has 0 bridgehead atoms. The molecule has 2 aliphatic carbocycles. The molecular formula is C17H24N2O2. The highest BCUT2D eigenvalue weighted by atomic mass is 16.5. The van der Waals surface area contributed by atoms with Gasteiger partial charge in [0.05, 0.1) is 12.2 Å². The van der Waals surface area contributed by atoms with E-state index in [0.717, 1.165) is 30.0 Å². The van der Waals surface area contributed by atoms with Crippen molar-refractivity contribution in [3.63, 3.8) is 0 Å². The predicted molar refractivity (Wildman–Crippen MR) is 84.2 cm³/mol. The molecule has 4 nitrogen and oxygen atoms in total. The van der Waals surface area contributed by atoms with E-state index in [-0.39, 0.29) is 5.97 Å². The first-order chi connectivity index (χ1) is 10.2. The molecule has 0 atom stereocenters. The molecule has 0 saturated heterocycles. The van der Waals surface area contributed by atoms with Gasteiger partial charge >= 0.3 is 5.97 Å².